The molecule has 0 fully saturated rings. The number of nitrogens with one attached hydrogen (secondary N) is 1. The van der Waals surface area contributed by atoms with Gasteiger partial charge in [0, 0.05) is 11.8 Å². The first-order chi connectivity index (χ1) is 15.9. The highest BCUT2D eigenvalue weighted by Gasteiger charge is 2.33. The predicted molar refractivity (Wildman–Crippen MR) is 123 cm³/mol. The highest BCUT2D eigenvalue weighted by Crippen LogP contribution is 2.26. The Labute approximate surface area is 191 Å². The summed E-state index contributed by atoms with van der Waals surface area (Å²) in [5, 5.41) is 9.92. The van der Waals surface area contributed by atoms with Crippen molar-refractivity contribution in [2.75, 3.05) is 16.1 Å². The van der Waals surface area contributed by atoms with Gasteiger partial charge in [0.2, 0.25) is 0 Å². The van der Waals surface area contributed by atoms with Gasteiger partial charge in [-0.15, -0.1) is 0 Å². The topological polar surface area (TPSA) is 114 Å². The molecule has 1 heterocycles. The Morgan fingerprint density at radius 2 is 1.91 bits per heavy atom. The van der Waals surface area contributed by atoms with Crippen molar-refractivity contribution < 1.29 is 32.4 Å². The van der Waals surface area contributed by atoms with Crippen LogP contribution >= 0.6 is 0 Å². The van der Waals surface area contributed by atoms with Crippen LogP contribution in [-0.2, 0) is 32.8 Å². The molecule has 0 aromatic heterocycles. The van der Waals surface area contributed by atoms with E-state index >= 15 is 0 Å². The molecule has 33 heavy (non-hydrogen) atoms. The minimum absolute atomic E-state index is 0.0319. The minimum atomic E-state index is -4.46. The number of carbonyl (C=O) groups is 1. The largest absolute Gasteiger partial charge is 0.497 e. The molecule has 0 saturated heterocycles. The summed E-state index contributed by atoms with van der Waals surface area (Å²) < 4.78 is 45.1. The number of rotatable bonds is 7. The van der Waals surface area contributed by atoms with Crippen LogP contribution in [0.25, 0.3) is 0 Å². The number of fused-ring (bicyclic) bond motifs is 1. The molecule has 4 rings (SSSR count). The smallest absolute Gasteiger partial charge is 0.491 e. The van der Waals surface area contributed by atoms with Crippen LogP contribution in [0.4, 0.5) is 16.2 Å². The first kappa shape index (κ1) is 22.7. The molecule has 1 aliphatic heterocycles. The van der Waals surface area contributed by atoms with E-state index in [1.54, 1.807) is 42.5 Å². The highest BCUT2D eigenvalue weighted by molar-refractivity contribution is 7.94. The Bertz CT molecular complexity index is 1250. The molecule has 0 unspecified atom stereocenters. The maximum Gasteiger partial charge on any atom is 0.491 e. The molecule has 11 heteroatoms. The molecular weight excluding hydrogens is 447 g/mol. The Hall–Kier alpha value is -3.54. The van der Waals surface area contributed by atoms with E-state index in [1.807, 2.05) is 6.07 Å². The number of benzene rings is 3. The zero-order valence-corrected chi connectivity index (χ0v) is 18.5. The van der Waals surface area contributed by atoms with Crippen LogP contribution in [0.15, 0.2) is 72.8 Å². The number of hydrogen-bond donors (Lipinski definition) is 2. The average molecular weight is 468 g/mol. The van der Waals surface area contributed by atoms with Crippen LogP contribution in [0, 0.1) is 0 Å². The summed E-state index contributed by atoms with van der Waals surface area (Å²) in [7, 11) is -4.17. The Balaban J connectivity index is 1.64. The van der Waals surface area contributed by atoms with E-state index in [9.17, 15) is 18.2 Å². The number of ether oxygens (including phenoxy) is 2. The van der Waals surface area contributed by atoms with E-state index in [0.29, 0.717) is 21.1 Å². The lowest BCUT2D eigenvalue weighted by molar-refractivity contribution is 0.151. The van der Waals surface area contributed by atoms with Gasteiger partial charge in [-0.25, -0.2) is 4.79 Å². The van der Waals surface area contributed by atoms with Crippen molar-refractivity contribution in [3.8, 4) is 5.75 Å². The van der Waals surface area contributed by atoms with E-state index in [0.717, 1.165) is 5.56 Å². The van der Waals surface area contributed by atoms with Crippen molar-refractivity contribution in [1.29, 1.82) is 0 Å². The van der Waals surface area contributed by atoms with Crippen molar-refractivity contribution >= 4 is 40.3 Å². The van der Waals surface area contributed by atoms with Crippen LogP contribution in [0.1, 0.15) is 11.1 Å². The summed E-state index contributed by atoms with van der Waals surface area (Å²) in [6, 6.07) is 19.6. The molecule has 2 N–H and O–H groups in total. The summed E-state index contributed by atoms with van der Waals surface area (Å²) in [6.45, 7) is 0.114. The van der Waals surface area contributed by atoms with E-state index in [1.165, 1.54) is 31.4 Å². The van der Waals surface area contributed by atoms with Crippen LogP contribution in [0.2, 0.25) is 0 Å². The van der Waals surface area contributed by atoms with Crippen LogP contribution in [0.3, 0.4) is 0 Å². The fourth-order valence-electron chi connectivity index (χ4n) is 3.33. The molecule has 0 bridgehead atoms. The van der Waals surface area contributed by atoms with Crippen molar-refractivity contribution in [3.05, 3.63) is 83.9 Å². The molecule has 1 aliphatic rings. The van der Waals surface area contributed by atoms with Gasteiger partial charge < -0.3 is 19.2 Å². The van der Waals surface area contributed by atoms with Crippen molar-refractivity contribution in [1.82, 2.24) is 0 Å². The summed E-state index contributed by atoms with van der Waals surface area (Å²) in [6.07, 6.45) is -1.09. The molecule has 3 aromatic carbocycles. The van der Waals surface area contributed by atoms with Gasteiger partial charge in [-0.2, -0.15) is 12.7 Å². The Morgan fingerprint density at radius 3 is 2.67 bits per heavy atom. The van der Waals surface area contributed by atoms with Crippen LogP contribution < -0.4 is 19.2 Å². The standard InChI is InChI=1S/C22H21BN2O7S/c1-30-20-9-5-8-19(13-20)25(22(26)31-14-16-6-3-2-4-7-16)33(28,29)24-18-11-10-17-15-32-23(27)21(17)12-18/h2-13,24,27H,14-15H2,1H3. The van der Waals surface area contributed by atoms with Gasteiger partial charge in [-0.3, -0.25) is 4.72 Å². The summed E-state index contributed by atoms with van der Waals surface area (Å²) in [4.78, 5) is 13.0. The fraction of sp³-hybridized carbons (Fsp3) is 0.136. The lowest BCUT2D eigenvalue weighted by Gasteiger charge is -2.23. The molecule has 0 aliphatic carbocycles. The van der Waals surface area contributed by atoms with Gasteiger partial charge in [0.15, 0.2) is 0 Å². The molecular formula is C22H21BN2O7S. The minimum Gasteiger partial charge on any atom is -0.497 e. The summed E-state index contributed by atoms with van der Waals surface area (Å²) in [5.41, 5.74) is 2.09. The summed E-state index contributed by atoms with van der Waals surface area (Å²) >= 11 is 0. The quantitative estimate of drug-likeness (QED) is 0.512. The number of anilines is 2. The second-order valence-electron chi connectivity index (χ2n) is 7.19. The second kappa shape index (κ2) is 9.53. The lowest BCUT2D eigenvalue weighted by atomic mass is 9.79. The van der Waals surface area contributed by atoms with Gasteiger partial charge in [0.05, 0.1) is 19.4 Å². The third-order valence-corrected chi connectivity index (χ3v) is 6.29. The Kier molecular flexibility index (Phi) is 6.54. The molecule has 0 atom stereocenters. The maximum absolute atomic E-state index is 13.3. The first-order valence-corrected chi connectivity index (χ1v) is 11.4. The number of methoxy groups -OCH3 is 1. The fourth-order valence-corrected chi connectivity index (χ4v) is 4.49. The Morgan fingerprint density at radius 1 is 1.12 bits per heavy atom. The van der Waals surface area contributed by atoms with Crippen molar-refractivity contribution in [2.45, 2.75) is 13.2 Å². The third-order valence-electron chi connectivity index (χ3n) is 4.95. The number of nitrogens with zero attached hydrogens (tertiary/aromatic N) is 1. The molecule has 0 radical (unpaired) electrons. The van der Waals surface area contributed by atoms with Gasteiger partial charge >= 0.3 is 23.4 Å². The highest BCUT2D eigenvalue weighted by atomic mass is 32.2. The zero-order chi connectivity index (χ0) is 23.4. The number of hydrogen-bond acceptors (Lipinski definition) is 7. The van der Waals surface area contributed by atoms with Crippen LogP contribution in [-0.4, -0.2) is 33.8 Å². The zero-order valence-electron chi connectivity index (χ0n) is 17.7. The van der Waals surface area contributed by atoms with Gasteiger partial charge in [-0.05, 0) is 40.9 Å². The molecule has 9 nitrogen and oxygen atoms in total. The molecule has 1 amide bonds. The third kappa shape index (κ3) is 5.11. The number of amides is 1. The van der Waals surface area contributed by atoms with Crippen molar-refractivity contribution in [3.63, 3.8) is 0 Å². The lowest BCUT2D eigenvalue weighted by Crippen LogP contribution is -2.41. The van der Waals surface area contributed by atoms with Gasteiger partial charge in [-0.1, -0.05) is 42.5 Å². The van der Waals surface area contributed by atoms with E-state index in [2.05, 4.69) is 4.72 Å². The maximum atomic E-state index is 13.3. The molecule has 0 spiro atoms. The monoisotopic (exact) mass is 468 g/mol. The normalized spacial score (nSPS) is 12.7. The second-order valence-corrected chi connectivity index (χ2v) is 8.71. The van der Waals surface area contributed by atoms with E-state index in [-0.39, 0.29) is 24.6 Å². The van der Waals surface area contributed by atoms with Gasteiger partial charge in [0.25, 0.3) is 0 Å². The van der Waals surface area contributed by atoms with E-state index < -0.39 is 23.4 Å². The van der Waals surface area contributed by atoms with Gasteiger partial charge in [0.1, 0.15) is 12.4 Å². The molecule has 3 aromatic rings. The summed E-state index contributed by atoms with van der Waals surface area (Å²) in [5.74, 6) is 0.362. The first-order valence-electron chi connectivity index (χ1n) is 9.97. The van der Waals surface area contributed by atoms with Crippen molar-refractivity contribution in [2.24, 2.45) is 0 Å². The molecule has 0 saturated carbocycles. The van der Waals surface area contributed by atoms with E-state index in [4.69, 9.17) is 14.1 Å². The average Bonchev–Trinajstić information content (AvgIpc) is 3.18. The SMILES string of the molecule is COc1cccc(N(C(=O)OCc2ccccc2)S(=O)(=O)Nc2ccc3c(c2)B(O)OC3)c1. The molecule has 170 valence electrons. The number of carbonyl (C=O) groups excluding carboxylic acids is 1. The predicted octanol–water partition coefficient (Wildman–Crippen LogP) is 2.41. The van der Waals surface area contributed by atoms with Crippen LogP contribution in [0.5, 0.6) is 5.75 Å².